The number of hydrogen-bond acceptors (Lipinski definition) is 5. The van der Waals surface area contributed by atoms with E-state index in [1.807, 2.05) is 45.0 Å². The average Bonchev–Trinajstić information content (AvgIpc) is 3.07. The zero-order chi connectivity index (χ0) is 19.3. The van der Waals surface area contributed by atoms with Crippen molar-refractivity contribution < 1.29 is 9.59 Å². The Hall–Kier alpha value is -1.99. The molecular weight excluding hydrogens is 372 g/mol. The van der Waals surface area contributed by atoms with Crippen molar-refractivity contribution in [3.8, 4) is 10.6 Å². The van der Waals surface area contributed by atoms with Gasteiger partial charge in [-0.3, -0.25) is 14.9 Å². The first kappa shape index (κ1) is 20.3. The second-order valence-electron chi connectivity index (χ2n) is 6.26. The van der Waals surface area contributed by atoms with Crippen LogP contribution in [0.3, 0.4) is 0 Å². The highest BCUT2D eigenvalue weighted by molar-refractivity contribution is 7.18. The molecular formula is C18H23ClN4O2S. The molecule has 0 fully saturated rings. The molecule has 0 aliphatic rings. The van der Waals surface area contributed by atoms with E-state index in [2.05, 4.69) is 20.8 Å². The van der Waals surface area contributed by atoms with Gasteiger partial charge in [-0.2, -0.15) is 0 Å². The van der Waals surface area contributed by atoms with E-state index in [-0.39, 0.29) is 17.7 Å². The molecule has 0 saturated carbocycles. The van der Waals surface area contributed by atoms with Gasteiger partial charge >= 0.3 is 0 Å². The van der Waals surface area contributed by atoms with E-state index >= 15 is 0 Å². The van der Waals surface area contributed by atoms with Crippen LogP contribution in [0.2, 0.25) is 0 Å². The molecule has 140 valence electrons. The van der Waals surface area contributed by atoms with Crippen LogP contribution in [-0.2, 0) is 9.59 Å². The summed E-state index contributed by atoms with van der Waals surface area (Å²) >= 11 is 7.10. The lowest BCUT2D eigenvalue weighted by molar-refractivity contribution is -0.127. The van der Waals surface area contributed by atoms with Crippen LogP contribution in [0.25, 0.3) is 10.6 Å². The van der Waals surface area contributed by atoms with Crippen molar-refractivity contribution in [2.45, 2.75) is 45.5 Å². The maximum atomic E-state index is 12.6. The molecule has 2 rings (SSSR count). The first-order valence-electron chi connectivity index (χ1n) is 8.47. The number of aryl methyl sites for hydroxylation is 1. The largest absolute Gasteiger partial charge is 0.343 e. The normalized spacial score (nSPS) is 14.3. The molecule has 1 heterocycles. The monoisotopic (exact) mass is 394 g/mol. The number of aromatic nitrogens is 2. The summed E-state index contributed by atoms with van der Waals surface area (Å²) in [5, 5.41) is 14.1. The van der Waals surface area contributed by atoms with Crippen molar-refractivity contribution >= 4 is 39.9 Å². The Balaban J connectivity index is 2.12. The predicted molar refractivity (Wildman–Crippen MR) is 105 cm³/mol. The summed E-state index contributed by atoms with van der Waals surface area (Å²) < 4.78 is 0. The fourth-order valence-electron chi connectivity index (χ4n) is 2.32. The minimum atomic E-state index is -0.705. The van der Waals surface area contributed by atoms with Gasteiger partial charge in [0, 0.05) is 5.56 Å². The van der Waals surface area contributed by atoms with Crippen molar-refractivity contribution in [2.75, 3.05) is 5.32 Å². The molecule has 0 aliphatic carbocycles. The second kappa shape index (κ2) is 9.09. The van der Waals surface area contributed by atoms with Gasteiger partial charge < -0.3 is 5.32 Å². The third-order valence-corrected chi connectivity index (χ3v) is 5.16. The van der Waals surface area contributed by atoms with Gasteiger partial charge in [-0.25, -0.2) is 0 Å². The van der Waals surface area contributed by atoms with Crippen molar-refractivity contribution in [3.63, 3.8) is 0 Å². The summed E-state index contributed by atoms with van der Waals surface area (Å²) in [5.41, 5.74) is 2.07. The molecule has 2 aromatic rings. The van der Waals surface area contributed by atoms with Gasteiger partial charge in [0.05, 0.1) is 0 Å². The van der Waals surface area contributed by atoms with Crippen LogP contribution in [0.4, 0.5) is 5.13 Å². The van der Waals surface area contributed by atoms with Crippen LogP contribution in [-0.4, -0.2) is 33.4 Å². The molecule has 0 saturated heterocycles. The topological polar surface area (TPSA) is 84.0 Å². The number of anilines is 1. The van der Waals surface area contributed by atoms with E-state index in [0.29, 0.717) is 5.13 Å². The van der Waals surface area contributed by atoms with E-state index in [0.717, 1.165) is 22.6 Å². The fourth-order valence-corrected chi connectivity index (χ4v) is 3.13. The van der Waals surface area contributed by atoms with Crippen LogP contribution in [0.5, 0.6) is 0 Å². The number of nitrogens with one attached hydrogen (secondary N) is 2. The summed E-state index contributed by atoms with van der Waals surface area (Å²) in [7, 11) is 0. The molecule has 0 radical (unpaired) electrons. The maximum Gasteiger partial charge on any atom is 0.249 e. The second-order valence-corrected chi connectivity index (χ2v) is 7.89. The Bertz CT molecular complexity index is 778. The Morgan fingerprint density at radius 1 is 1.23 bits per heavy atom. The average molecular weight is 395 g/mol. The summed E-state index contributed by atoms with van der Waals surface area (Å²) in [6.45, 7) is 7.44. The summed E-state index contributed by atoms with van der Waals surface area (Å²) in [5.74, 6) is -0.736. The first-order chi connectivity index (χ1) is 12.3. The van der Waals surface area contributed by atoms with E-state index in [9.17, 15) is 9.59 Å². The molecule has 0 bridgehead atoms. The number of alkyl halides is 1. The molecule has 1 aromatic heterocycles. The van der Waals surface area contributed by atoms with E-state index < -0.39 is 11.4 Å². The predicted octanol–water partition coefficient (Wildman–Crippen LogP) is 3.61. The SMILES string of the molecule is CC[C@H](C)[C@@H](NC(=O)[C@@H](C)Cl)C(=O)Nc1nnc(-c2cccc(C)c2)s1. The van der Waals surface area contributed by atoms with Gasteiger partial charge in [-0.15, -0.1) is 21.8 Å². The van der Waals surface area contributed by atoms with Crippen LogP contribution in [0.15, 0.2) is 24.3 Å². The quantitative estimate of drug-likeness (QED) is 0.702. The number of benzene rings is 1. The zero-order valence-electron chi connectivity index (χ0n) is 15.2. The highest BCUT2D eigenvalue weighted by atomic mass is 35.5. The highest BCUT2D eigenvalue weighted by Crippen LogP contribution is 2.27. The number of rotatable bonds is 7. The standard InChI is InChI=1S/C18H23ClN4O2S/c1-5-11(3)14(20-15(24)12(4)19)16(25)21-18-23-22-17(26-18)13-8-6-7-10(2)9-13/h6-9,11-12,14H,5H2,1-4H3,(H,20,24)(H,21,23,25)/t11-,12+,14+/m0/s1. The summed E-state index contributed by atoms with van der Waals surface area (Å²) in [6, 6.07) is 7.23. The van der Waals surface area contributed by atoms with Crippen molar-refractivity contribution in [1.82, 2.24) is 15.5 Å². The fraction of sp³-hybridized carbons (Fsp3) is 0.444. The number of carbonyl (C=O) groups excluding carboxylic acids is 2. The number of hydrogen-bond donors (Lipinski definition) is 2. The van der Waals surface area contributed by atoms with Gasteiger partial charge in [-0.1, -0.05) is 55.4 Å². The van der Waals surface area contributed by atoms with Crippen LogP contribution in [0, 0.1) is 12.8 Å². The Kier molecular flexibility index (Phi) is 7.11. The lowest BCUT2D eigenvalue weighted by Gasteiger charge is -2.23. The molecule has 0 unspecified atom stereocenters. The van der Waals surface area contributed by atoms with E-state index in [1.54, 1.807) is 6.92 Å². The van der Waals surface area contributed by atoms with Crippen molar-refractivity contribution in [3.05, 3.63) is 29.8 Å². The lowest BCUT2D eigenvalue weighted by atomic mass is 9.98. The van der Waals surface area contributed by atoms with E-state index in [1.165, 1.54) is 11.3 Å². The molecule has 0 aliphatic heterocycles. The summed E-state index contributed by atoms with van der Waals surface area (Å²) in [4.78, 5) is 24.5. The van der Waals surface area contributed by atoms with E-state index in [4.69, 9.17) is 11.6 Å². The van der Waals surface area contributed by atoms with Gasteiger partial charge in [0.15, 0.2) is 0 Å². The molecule has 0 spiro atoms. The molecule has 26 heavy (non-hydrogen) atoms. The van der Waals surface area contributed by atoms with Crippen LogP contribution in [0.1, 0.15) is 32.8 Å². The number of nitrogens with zero attached hydrogens (tertiary/aromatic N) is 2. The smallest absolute Gasteiger partial charge is 0.249 e. The zero-order valence-corrected chi connectivity index (χ0v) is 16.8. The van der Waals surface area contributed by atoms with Gasteiger partial charge in [0.1, 0.15) is 16.4 Å². The third-order valence-electron chi connectivity index (χ3n) is 4.07. The molecule has 3 atom stereocenters. The highest BCUT2D eigenvalue weighted by Gasteiger charge is 2.28. The molecule has 1 aromatic carbocycles. The minimum Gasteiger partial charge on any atom is -0.343 e. The van der Waals surface area contributed by atoms with Crippen molar-refractivity contribution in [1.29, 1.82) is 0 Å². The maximum absolute atomic E-state index is 12.6. The number of carbonyl (C=O) groups is 2. The van der Waals surface area contributed by atoms with Crippen LogP contribution < -0.4 is 10.6 Å². The van der Waals surface area contributed by atoms with Gasteiger partial charge in [0.25, 0.3) is 0 Å². The molecule has 2 N–H and O–H groups in total. The Morgan fingerprint density at radius 2 is 1.96 bits per heavy atom. The molecule has 2 amide bonds. The Labute approximate surface area is 162 Å². The first-order valence-corrected chi connectivity index (χ1v) is 9.73. The Morgan fingerprint density at radius 3 is 2.58 bits per heavy atom. The summed E-state index contributed by atoms with van der Waals surface area (Å²) in [6.07, 6.45) is 0.736. The number of halogens is 1. The minimum absolute atomic E-state index is 0.0430. The third kappa shape index (κ3) is 5.25. The molecule has 8 heteroatoms. The van der Waals surface area contributed by atoms with Crippen molar-refractivity contribution in [2.24, 2.45) is 5.92 Å². The van der Waals surface area contributed by atoms with Gasteiger partial charge in [0.2, 0.25) is 16.9 Å². The van der Waals surface area contributed by atoms with Gasteiger partial charge in [-0.05, 0) is 25.8 Å². The molecule has 6 nitrogen and oxygen atoms in total. The van der Waals surface area contributed by atoms with Crippen LogP contribution >= 0.6 is 22.9 Å². The lowest BCUT2D eigenvalue weighted by Crippen LogP contribution is -2.49. The number of amides is 2.